The third-order valence-corrected chi connectivity index (χ3v) is 2.44. The van der Waals surface area contributed by atoms with Crippen LogP contribution in [-0.2, 0) is 0 Å². The van der Waals surface area contributed by atoms with E-state index in [1.54, 1.807) is 6.08 Å². The molecule has 0 saturated heterocycles. The SMILES string of the molecule is C=Cc1ccc(-c2ccccc2C)nc1. The molecule has 2 aromatic rings. The van der Waals surface area contributed by atoms with Crippen LogP contribution in [0, 0.1) is 6.92 Å². The smallest absolute Gasteiger partial charge is 0.0705 e. The van der Waals surface area contributed by atoms with Gasteiger partial charge >= 0.3 is 0 Å². The molecular formula is C14H13N. The number of hydrogen-bond donors (Lipinski definition) is 0. The molecule has 0 spiro atoms. The quantitative estimate of drug-likeness (QED) is 0.712. The predicted molar refractivity (Wildman–Crippen MR) is 64.5 cm³/mol. The summed E-state index contributed by atoms with van der Waals surface area (Å²) in [5.41, 5.74) is 4.50. The molecule has 0 bridgehead atoms. The number of aromatic nitrogens is 1. The fourth-order valence-corrected chi connectivity index (χ4v) is 1.55. The molecule has 0 radical (unpaired) electrons. The van der Waals surface area contributed by atoms with Gasteiger partial charge in [0.2, 0.25) is 0 Å². The summed E-state index contributed by atoms with van der Waals surface area (Å²) < 4.78 is 0. The second-order valence-corrected chi connectivity index (χ2v) is 3.50. The van der Waals surface area contributed by atoms with E-state index in [4.69, 9.17) is 0 Å². The van der Waals surface area contributed by atoms with Crippen molar-refractivity contribution >= 4 is 6.08 Å². The van der Waals surface area contributed by atoms with Crippen LogP contribution in [0.15, 0.2) is 49.2 Å². The second-order valence-electron chi connectivity index (χ2n) is 3.50. The standard InChI is InChI=1S/C14H13N/c1-3-12-8-9-14(15-10-12)13-7-5-4-6-11(13)2/h3-10H,1H2,2H3. The van der Waals surface area contributed by atoms with E-state index in [2.05, 4.69) is 30.6 Å². The highest BCUT2D eigenvalue weighted by Crippen LogP contribution is 2.20. The molecule has 74 valence electrons. The molecule has 0 amide bonds. The van der Waals surface area contributed by atoms with Gasteiger partial charge in [-0.3, -0.25) is 4.98 Å². The van der Waals surface area contributed by atoms with E-state index in [0.717, 1.165) is 11.3 Å². The molecular weight excluding hydrogens is 182 g/mol. The lowest BCUT2D eigenvalue weighted by Gasteiger charge is -2.04. The van der Waals surface area contributed by atoms with E-state index in [-0.39, 0.29) is 0 Å². The van der Waals surface area contributed by atoms with Crippen molar-refractivity contribution in [2.75, 3.05) is 0 Å². The highest BCUT2D eigenvalue weighted by molar-refractivity contribution is 5.64. The van der Waals surface area contributed by atoms with Crippen molar-refractivity contribution in [2.45, 2.75) is 6.92 Å². The van der Waals surface area contributed by atoms with E-state index < -0.39 is 0 Å². The summed E-state index contributed by atoms with van der Waals surface area (Å²) in [4.78, 5) is 4.41. The van der Waals surface area contributed by atoms with E-state index in [1.165, 1.54) is 11.1 Å². The average molecular weight is 195 g/mol. The Hall–Kier alpha value is -1.89. The Bertz CT molecular complexity index is 469. The minimum Gasteiger partial charge on any atom is -0.256 e. The van der Waals surface area contributed by atoms with Gasteiger partial charge < -0.3 is 0 Å². The van der Waals surface area contributed by atoms with Gasteiger partial charge in [-0.2, -0.15) is 0 Å². The average Bonchev–Trinajstić information content (AvgIpc) is 2.30. The molecule has 1 aromatic heterocycles. The van der Waals surface area contributed by atoms with Crippen LogP contribution in [0.25, 0.3) is 17.3 Å². The zero-order valence-electron chi connectivity index (χ0n) is 8.77. The van der Waals surface area contributed by atoms with Crippen molar-refractivity contribution in [3.05, 3.63) is 60.3 Å². The lowest BCUT2D eigenvalue weighted by Crippen LogP contribution is -1.86. The zero-order valence-corrected chi connectivity index (χ0v) is 8.77. The molecule has 0 N–H and O–H groups in total. The molecule has 1 heterocycles. The molecule has 0 aliphatic rings. The number of benzene rings is 1. The Morgan fingerprint density at radius 1 is 1.13 bits per heavy atom. The van der Waals surface area contributed by atoms with Crippen molar-refractivity contribution < 1.29 is 0 Å². The third-order valence-electron chi connectivity index (χ3n) is 2.44. The van der Waals surface area contributed by atoms with Crippen molar-refractivity contribution in [3.63, 3.8) is 0 Å². The van der Waals surface area contributed by atoms with Crippen LogP contribution in [0.4, 0.5) is 0 Å². The van der Waals surface area contributed by atoms with Crippen LogP contribution in [0.2, 0.25) is 0 Å². The molecule has 0 atom stereocenters. The van der Waals surface area contributed by atoms with Gasteiger partial charge in [-0.15, -0.1) is 0 Å². The number of aryl methyl sites for hydroxylation is 1. The predicted octanol–water partition coefficient (Wildman–Crippen LogP) is 3.70. The molecule has 1 aromatic carbocycles. The zero-order chi connectivity index (χ0) is 10.7. The summed E-state index contributed by atoms with van der Waals surface area (Å²) in [5.74, 6) is 0. The molecule has 15 heavy (non-hydrogen) atoms. The first-order chi connectivity index (χ1) is 7.31. The van der Waals surface area contributed by atoms with Crippen molar-refractivity contribution in [2.24, 2.45) is 0 Å². The fourth-order valence-electron chi connectivity index (χ4n) is 1.55. The topological polar surface area (TPSA) is 12.9 Å². The minimum atomic E-state index is 1.01. The Labute approximate surface area is 90.1 Å². The van der Waals surface area contributed by atoms with Crippen molar-refractivity contribution in [1.29, 1.82) is 0 Å². The molecule has 0 aliphatic carbocycles. The van der Waals surface area contributed by atoms with E-state index >= 15 is 0 Å². The van der Waals surface area contributed by atoms with Gasteiger partial charge in [-0.05, 0) is 24.1 Å². The Balaban J connectivity index is 2.46. The Morgan fingerprint density at radius 3 is 2.53 bits per heavy atom. The van der Waals surface area contributed by atoms with Crippen LogP contribution < -0.4 is 0 Å². The second kappa shape index (κ2) is 4.09. The minimum absolute atomic E-state index is 1.01. The van der Waals surface area contributed by atoms with Crippen molar-refractivity contribution in [3.8, 4) is 11.3 Å². The number of hydrogen-bond acceptors (Lipinski definition) is 1. The van der Waals surface area contributed by atoms with Crippen LogP contribution in [0.1, 0.15) is 11.1 Å². The van der Waals surface area contributed by atoms with E-state index in [0.29, 0.717) is 0 Å². The highest BCUT2D eigenvalue weighted by Gasteiger charge is 2.00. The molecule has 0 unspecified atom stereocenters. The summed E-state index contributed by atoms with van der Waals surface area (Å²) in [6.45, 7) is 5.81. The third kappa shape index (κ3) is 1.96. The van der Waals surface area contributed by atoms with Gasteiger partial charge in [0.25, 0.3) is 0 Å². The van der Waals surface area contributed by atoms with Crippen LogP contribution in [-0.4, -0.2) is 4.98 Å². The molecule has 2 rings (SSSR count). The summed E-state index contributed by atoms with van der Waals surface area (Å²) in [6, 6.07) is 12.3. The van der Waals surface area contributed by atoms with Gasteiger partial charge in [0.05, 0.1) is 5.69 Å². The number of pyridine rings is 1. The van der Waals surface area contributed by atoms with Gasteiger partial charge in [0.15, 0.2) is 0 Å². The van der Waals surface area contributed by atoms with Crippen LogP contribution in [0.5, 0.6) is 0 Å². The molecule has 0 aliphatic heterocycles. The van der Waals surface area contributed by atoms with E-state index in [1.807, 2.05) is 30.5 Å². The van der Waals surface area contributed by atoms with Crippen LogP contribution >= 0.6 is 0 Å². The van der Waals surface area contributed by atoms with Gasteiger partial charge in [0.1, 0.15) is 0 Å². The highest BCUT2D eigenvalue weighted by atomic mass is 14.7. The number of rotatable bonds is 2. The lowest BCUT2D eigenvalue weighted by molar-refractivity contribution is 1.30. The molecule has 0 fully saturated rings. The Kier molecular flexibility index (Phi) is 2.64. The Morgan fingerprint density at radius 2 is 1.93 bits per heavy atom. The van der Waals surface area contributed by atoms with Crippen LogP contribution in [0.3, 0.4) is 0 Å². The summed E-state index contributed by atoms with van der Waals surface area (Å²) in [7, 11) is 0. The molecule has 1 heteroatoms. The summed E-state index contributed by atoms with van der Waals surface area (Å²) in [6.07, 6.45) is 3.64. The number of nitrogens with zero attached hydrogens (tertiary/aromatic N) is 1. The first-order valence-corrected chi connectivity index (χ1v) is 4.96. The van der Waals surface area contributed by atoms with Gasteiger partial charge in [-0.1, -0.05) is 43.0 Å². The monoisotopic (exact) mass is 195 g/mol. The maximum absolute atomic E-state index is 4.41. The fraction of sp³-hybridized carbons (Fsp3) is 0.0714. The van der Waals surface area contributed by atoms with Crippen molar-refractivity contribution in [1.82, 2.24) is 4.98 Å². The van der Waals surface area contributed by atoms with Gasteiger partial charge in [-0.25, -0.2) is 0 Å². The lowest BCUT2D eigenvalue weighted by atomic mass is 10.1. The molecule has 0 saturated carbocycles. The summed E-state index contributed by atoms with van der Waals surface area (Å²) in [5, 5.41) is 0. The first-order valence-electron chi connectivity index (χ1n) is 4.96. The van der Waals surface area contributed by atoms with E-state index in [9.17, 15) is 0 Å². The largest absolute Gasteiger partial charge is 0.256 e. The maximum atomic E-state index is 4.41. The summed E-state index contributed by atoms with van der Waals surface area (Å²) >= 11 is 0. The van der Waals surface area contributed by atoms with Gasteiger partial charge in [0, 0.05) is 11.8 Å². The maximum Gasteiger partial charge on any atom is 0.0705 e. The first kappa shape index (κ1) is 9.66. The molecule has 1 nitrogen and oxygen atoms in total. The normalized spacial score (nSPS) is 9.93.